The molecule has 104 valence electrons. The average molecular weight is 285 g/mol. The van der Waals surface area contributed by atoms with Crippen LogP contribution in [0.3, 0.4) is 0 Å². The normalized spacial score (nSPS) is 20.9. The number of pyridine rings is 1. The highest BCUT2D eigenvalue weighted by Gasteiger charge is 2.36. The third kappa shape index (κ3) is 2.48. The van der Waals surface area contributed by atoms with E-state index >= 15 is 0 Å². The first kappa shape index (κ1) is 13.3. The molecule has 0 amide bonds. The summed E-state index contributed by atoms with van der Waals surface area (Å²) in [5.74, 6) is 0.783. The van der Waals surface area contributed by atoms with Crippen molar-refractivity contribution in [1.29, 1.82) is 0 Å². The number of nitrogens with zero attached hydrogens (tertiary/aromatic N) is 1. The van der Waals surface area contributed by atoms with Crippen LogP contribution in [0.1, 0.15) is 31.7 Å². The average Bonchev–Trinajstić information content (AvgIpc) is 3.17. The van der Waals surface area contributed by atoms with Gasteiger partial charge in [-0.25, -0.2) is 0 Å². The van der Waals surface area contributed by atoms with Gasteiger partial charge in [-0.05, 0) is 24.8 Å². The molecule has 2 unspecified atom stereocenters. The summed E-state index contributed by atoms with van der Waals surface area (Å²) in [4.78, 5) is 4.84. The molecule has 1 aromatic carbocycles. The molecule has 4 heteroatoms. The van der Waals surface area contributed by atoms with Gasteiger partial charge in [0.2, 0.25) is 0 Å². The van der Waals surface area contributed by atoms with E-state index in [4.69, 9.17) is 18.0 Å². The van der Waals surface area contributed by atoms with E-state index in [2.05, 4.69) is 23.3 Å². The number of nitrogens with one attached hydrogen (secondary N) is 1. The van der Waals surface area contributed by atoms with Crippen LogP contribution in [0.4, 0.5) is 5.69 Å². The second-order valence-electron chi connectivity index (χ2n) is 5.46. The third-order valence-electron chi connectivity index (χ3n) is 3.95. The Morgan fingerprint density at radius 3 is 3.00 bits per heavy atom. The van der Waals surface area contributed by atoms with Crippen molar-refractivity contribution in [3.8, 4) is 0 Å². The summed E-state index contributed by atoms with van der Waals surface area (Å²) in [6.07, 6.45) is 5.54. The van der Waals surface area contributed by atoms with E-state index in [0.717, 1.165) is 28.1 Å². The second-order valence-corrected chi connectivity index (χ2v) is 5.90. The summed E-state index contributed by atoms with van der Waals surface area (Å²) >= 11 is 5.16. The molecule has 1 fully saturated rings. The topological polar surface area (TPSA) is 50.9 Å². The smallest absolute Gasteiger partial charge is 0.107 e. The number of para-hydroxylation sites is 1. The summed E-state index contributed by atoms with van der Waals surface area (Å²) in [6.45, 7) is 2.23. The van der Waals surface area contributed by atoms with Crippen LogP contribution in [0.15, 0.2) is 30.5 Å². The van der Waals surface area contributed by atoms with Gasteiger partial charge in [-0.15, -0.1) is 0 Å². The molecule has 0 radical (unpaired) electrons. The number of rotatable bonds is 5. The highest BCUT2D eigenvalue weighted by atomic mass is 32.1. The molecular weight excluding hydrogens is 266 g/mol. The van der Waals surface area contributed by atoms with Crippen molar-refractivity contribution in [1.82, 2.24) is 4.98 Å². The first-order valence-corrected chi connectivity index (χ1v) is 7.55. The summed E-state index contributed by atoms with van der Waals surface area (Å²) in [5.41, 5.74) is 8.72. The van der Waals surface area contributed by atoms with Crippen molar-refractivity contribution in [2.75, 3.05) is 5.32 Å². The maximum absolute atomic E-state index is 5.85. The molecule has 3 N–H and O–H groups in total. The first-order valence-electron chi connectivity index (χ1n) is 7.14. The maximum atomic E-state index is 5.85. The first-order chi connectivity index (χ1) is 9.70. The van der Waals surface area contributed by atoms with Gasteiger partial charge < -0.3 is 11.1 Å². The zero-order valence-corrected chi connectivity index (χ0v) is 12.4. The predicted molar refractivity (Wildman–Crippen MR) is 88.1 cm³/mol. The lowest BCUT2D eigenvalue weighted by Gasteiger charge is -2.14. The Balaban J connectivity index is 1.98. The van der Waals surface area contributed by atoms with Crippen molar-refractivity contribution in [3.63, 3.8) is 0 Å². The lowest BCUT2D eigenvalue weighted by Crippen LogP contribution is -2.15. The Morgan fingerprint density at radius 1 is 1.45 bits per heavy atom. The molecule has 20 heavy (non-hydrogen) atoms. The molecule has 0 spiro atoms. The van der Waals surface area contributed by atoms with Crippen LogP contribution < -0.4 is 11.1 Å². The second kappa shape index (κ2) is 5.37. The molecule has 0 bridgehead atoms. The third-order valence-corrected chi connectivity index (χ3v) is 4.17. The van der Waals surface area contributed by atoms with E-state index < -0.39 is 0 Å². The lowest BCUT2D eigenvalue weighted by molar-refractivity contribution is 0.693. The van der Waals surface area contributed by atoms with Crippen LogP contribution >= 0.6 is 12.2 Å². The number of hydrogen-bond acceptors (Lipinski definition) is 3. The van der Waals surface area contributed by atoms with E-state index in [9.17, 15) is 0 Å². The largest absolute Gasteiger partial charge is 0.389 e. The van der Waals surface area contributed by atoms with Crippen LogP contribution in [-0.4, -0.2) is 16.0 Å². The summed E-state index contributed by atoms with van der Waals surface area (Å²) in [5, 5.41) is 4.73. The molecule has 0 saturated heterocycles. The van der Waals surface area contributed by atoms with E-state index in [-0.39, 0.29) is 0 Å². The van der Waals surface area contributed by atoms with Crippen molar-refractivity contribution in [3.05, 3.63) is 36.0 Å². The highest BCUT2D eigenvalue weighted by Crippen LogP contribution is 2.39. The fourth-order valence-corrected chi connectivity index (χ4v) is 2.94. The Labute approximate surface area is 124 Å². The maximum Gasteiger partial charge on any atom is 0.107 e. The lowest BCUT2D eigenvalue weighted by atomic mass is 10.1. The van der Waals surface area contributed by atoms with Crippen LogP contribution in [0.5, 0.6) is 0 Å². The van der Waals surface area contributed by atoms with E-state index in [1.165, 1.54) is 19.3 Å². The molecule has 1 saturated carbocycles. The van der Waals surface area contributed by atoms with Gasteiger partial charge in [0.05, 0.1) is 16.8 Å². The molecule has 3 rings (SSSR count). The number of thiocarbonyl (C=S) groups is 1. The fraction of sp³-hybridized carbons (Fsp3) is 0.375. The van der Waals surface area contributed by atoms with Crippen LogP contribution in [-0.2, 0) is 0 Å². The minimum Gasteiger partial charge on any atom is -0.389 e. The fourth-order valence-electron chi connectivity index (χ4n) is 2.78. The number of hydrogen-bond donors (Lipinski definition) is 2. The molecule has 1 aromatic heterocycles. The molecule has 2 atom stereocenters. The number of anilines is 1. The molecule has 1 aliphatic carbocycles. The molecule has 3 nitrogen and oxygen atoms in total. The number of fused-ring (bicyclic) bond motifs is 1. The van der Waals surface area contributed by atoms with Crippen molar-refractivity contribution in [2.45, 2.75) is 32.2 Å². The van der Waals surface area contributed by atoms with E-state index in [1.54, 1.807) is 6.20 Å². The van der Waals surface area contributed by atoms with Gasteiger partial charge in [0, 0.05) is 17.6 Å². The monoisotopic (exact) mass is 285 g/mol. The summed E-state index contributed by atoms with van der Waals surface area (Å²) in [6, 6.07) is 8.66. The van der Waals surface area contributed by atoms with Gasteiger partial charge >= 0.3 is 0 Å². The van der Waals surface area contributed by atoms with Gasteiger partial charge in [0.25, 0.3) is 0 Å². The molecule has 1 aliphatic rings. The Hall–Kier alpha value is -1.68. The quantitative estimate of drug-likeness (QED) is 0.826. The zero-order chi connectivity index (χ0) is 14.1. The Morgan fingerprint density at radius 2 is 2.25 bits per heavy atom. The minimum atomic E-state index is 0.401. The Bertz CT molecular complexity index is 653. The summed E-state index contributed by atoms with van der Waals surface area (Å²) in [7, 11) is 0. The SMILES string of the molecule is CCCC1CC1Nc1c(C(N)=S)cnc2ccccc12. The predicted octanol–water partition coefficient (Wildman–Crippen LogP) is 3.47. The zero-order valence-electron chi connectivity index (χ0n) is 11.6. The highest BCUT2D eigenvalue weighted by molar-refractivity contribution is 7.80. The van der Waals surface area contributed by atoms with Crippen LogP contribution in [0.2, 0.25) is 0 Å². The molecule has 1 heterocycles. The number of aromatic nitrogens is 1. The summed E-state index contributed by atoms with van der Waals surface area (Å²) < 4.78 is 0. The van der Waals surface area contributed by atoms with Gasteiger partial charge in [-0.2, -0.15) is 0 Å². The van der Waals surface area contributed by atoms with Crippen molar-refractivity contribution in [2.24, 2.45) is 11.7 Å². The van der Waals surface area contributed by atoms with Crippen LogP contribution in [0, 0.1) is 5.92 Å². The van der Waals surface area contributed by atoms with Crippen molar-refractivity contribution >= 4 is 33.8 Å². The Kier molecular flexibility index (Phi) is 3.57. The van der Waals surface area contributed by atoms with Gasteiger partial charge in [-0.3, -0.25) is 4.98 Å². The minimum absolute atomic E-state index is 0.401. The number of benzene rings is 1. The number of nitrogens with two attached hydrogens (primary N) is 1. The molecular formula is C16H19N3S. The van der Waals surface area contributed by atoms with Crippen LogP contribution in [0.25, 0.3) is 10.9 Å². The molecule has 0 aliphatic heterocycles. The standard InChI is InChI=1S/C16H19N3S/c1-2-5-10-8-14(10)19-15-11-6-3-4-7-13(11)18-9-12(15)16(17)20/h3-4,6-7,9-10,14H,2,5,8H2,1H3,(H2,17,20)(H,18,19). The molecule has 2 aromatic rings. The van der Waals surface area contributed by atoms with E-state index in [1.807, 2.05) is 18.2 Å². The van der Waals surface area contributed by atoms with Gasteiger partial charge in [0.15, 0.2) is 0 Å². The van der Waals surface area contributed by atoms with Gasteiger partial charge in [0.1, 0.15) is 4.99 Å². The van der Waals surface area contributed by atoms with Crippen molar-refractivity contribution < 1.29 is 0 Å². The van der Waals surface area contributed by atoms with E-state index in [0.29, 0.717) is 11.0 Å². The van der Waals surface area contributed by atoms with Gasteiger partial charge in [-0.1, -0.05) is 43.8 Å².